The van der Waals surface area contributed by atoms with Crippen LogP contribution in [-0.2, 0) is 4.79 Å². The van der Waals surface area contributed by atoms with Gasteiger partial charge in [-0.3, -0.25) is 9.79 Å². The van der Waals surface area contributed by atoms with Crippen molar-refractivity contribution in [2.45, 2.75) is 20.3 Å². The third-order valence-corrected chi connectivity index (χ3v) is 1.24. The van der Waals surface area contributed by atoms with E-state index in [1.54, 1.807) is 0 Å². The molecular formula is C7H15N3O. The molecule has 1 amide bonds. The van der Waals surface area contributed by atoms with Gasteiger partial charge in [0.2, 0.25) is 5.91 Å². The van der Waals surface area contributed by atoms with Crippen LogP contribution in [0.1, 0.15) is 20.3 Å². The van der Waals surface area contributed by atoms with Gasteiger partial charge in [0.05, 0.1) is 5.84 Å². The van der Waals surface area contributed by atoms with Crippen LogP contribution < -0.4 is 11.5 Å². The topological polar surface area (TPSA) is 81.5 Å². The molecule has 0 aliphatic carbocycles. The minimum Gasteiger partial charge on any atom is -0.387 e. The van der Waals surface area contributed by atoms with Gasteiger partial charge in [0.1, 0.15) is 0 Å². The molecular weight excluding hydrogens is 142 g/mol. The maximum Gasteiger partial charge on any atom is 0.219 e. The quantitative estimate of drug-likeness (QED) is 0.440. The van der Waals surface area contributed by atoms with Crippen LogP contribution in [0.25, 0.3) is 0 Å². The van der Waals surface area contributed by atoms with E-state index in [1.165, 1.54) is 0 Å². The van der Waals surface area contributed by atoms with E-state index in [-0.39, 0.29) is 18.2 Å². The van der Waals surface area contributed by atoms with Crippen molar-refractivity contribution in [3.8, 4) is 0 Å². The second-order valence-corrected chi connectivity index (χ2v) is 2.68. The maximum atomic E-state index is 10.3. The Morgan fingerprint density at radius 2 is 2.00 bits per heavy atom. The van der Waals surface area contributed by atoms with Gasteiger partial charge < -0.3 is 11.5 Å². The van der Waals surface area contributed by atoms with E-state index in [0.717, 1.165) is 0 Å². The Labute approximate surface area is 66.7 Å². The number of rotatable bonds is 4. The van der Waals surface area contributed by atoms with Crippen molar-refractivity contribution in [2.75, 3.05) is 6.54 Å². The van der Waals surface area contributed by atoms with Gasteiger partial charge in [0.15, 0.2) is 0 Å². The fourth-order valence-corrected chi connectivity index (χ4v) is 0.478. The molecule has 11 heavy (non-hydrogen) atoms. The van der Waals surface area contributed by atoms with Crippen molar-refractivity contribution in [3.63, 3.8) is 0 Å². The van der Waals surface area contributed by atoms with E-state index in [1.807, 2.05) is 13.8 Å². The number of carbonyl (C=O) groups is 1. The Morgan fingerprint density at radius 1 is 1.45 bits per heavy atom. The summed E-state index contributed by atoms with van der Waals surface area (Å²) in [5.41, 5.74) is 10.4. The van der Waals surface area contributed by atoms with Crippen molar-refractivity contribution < 1.29 is 4.79 Å². The van der Waals surface area contributed by atoms with Crippen molar-refractivity contribution >= 4 is 11.7 Å². The summed E-state index contributed by atoms with van der Waals surface area (Å²) in [6.45, 7) is 4.30. The summed E-state index contributed by atoms with van der Waals surface area (Å²) in [7, 11) is 0. The summed E-state index contributed by atoms with van der Waals surface area (Å²) in [5.74, 6) is 0.472. The zero-order valence-electron chi connectivity index (χ0n) is 7.00. The third-order valence-electron chi connectivity index (χ3n) is 1.24. The van der Waals surface area contributed by atoms with Gasteiger partial charge in [-0.2, -0.15) is 0 Å². The van der Waals surface area contributed by atoms with E-state index >= 15 is 0 Å². The molecule has 0 aliphatic rings. The predicted octanol–water partition coefficient (Wildman–Crippen LogP) is -0.125. The summed E-state index contributed by atoms with van der Waals surface area (Å²) in [4.78, 5) is 14.2. The molecule has 4 heteroatoms. The van der Waals surface area contributed by atoms with Crippen molar-refractivity contribution in [2.24, 2.45) is 22.4 Å². The largest absolute Gasteiger partial charge is 0.387 e. The molecule has 0 saturated carbocycles. The monoisotopic (exact) mass is 157 g/mol. The summed E-state index contributed by atoms with van der Waals surface area (Å²) < 4.78 is 0. The van der Waals surface area contributed by atoms with Crippen LogP contribution in [0, 0.1) is 5.92 Å². The molecule has 0 aliphatic heterocycles. The summed E-state index contributed by atoms with van der Waals surface area (Å²) in [5, 5.41) is 0. The van der Waals surface area contributed by atoms with Gasteiger partial charge in [0, 0.05) is 18.9 Å². The minimum absolute atomic E-state index is 0.239. The van der Waals surface area contributed by atoms with Crippen LogP contribution in [0.4, 0.5) is 0 Å². The first-order valence-corrected chi connectivity index (χ1v) is 3.62. The molecule has 0 spiro atoms. The van der Waals surface area contributed by atoms with Gasteiger partial charge in [-0.1, -0.05) is 13.8 Å². The lowest BCUT2D eigenvalue weighted by atomic mass is 10.2. The van der Waals surface area contributed by atoms with Gasteiger partial charge in [-0.05, 0) is 0 Å². The van der Waals surface area contributed by atoms with Crippen LogP contribution in [-0.4, -0.2) is 18.3 Å². The fourth-order valence-electron chi connectivity index (χ4n) is 0.478. The first-order chi connectivity index (χ1) is 5.04. The average molecular weight is 157 g/mol. The second-order valence-electron chi connectivity index (χ2n) is 2.68. The molecule has 0 aromatic rings. The van der Waals surface area contributed by atoms with Crippen molar-refractivity contribution in [1.82, 2.24) is 0 Å². The summed E-state index contributed by atoms with van der Waals surface area (Å²) in [6, 6.07) is 0. The molecule has 64 valence electrons. The molecule has 0 atom stereocenters. The number of primary amides is 1. The van der Waals surface area contributed by atoms with Gasteiger partial charge in [-0.25, -0.2) is 0 Å². The Balaban J connectivity index is 3.65. The molecule has 0 heterocycles. The first-order valence-electron chi connectivity index (χ1n) is 3.62. The molecule has 4 nitrogen and oxygen atoms in total. The van der Waals surface area contributed by atoms with Gasteiger partial charge in [0.25, 0.3) is 0 Å². The molecule has 0 saturated heterocycles. The average Bonchev–Trinajstić information content (AvgIpc) is 1.86. The highest BCUT2D eigenvalue weighted by Gasteiger charge is 1.98. The Hall–Kier alpha value is -1.06. The number of nitrogens with two attached hydrogens (primary N) is 2. The van der Waals surface area contributed by atoms with Crippen LogP contribution >= 0.6 is 0 Å². The normalized spacial score (nSPS) is 12.1. The second kappa shape index (κ2) is 4.71. The Bertz CT molecular complexity index is 163. The van der Waals surface area contributed by atoms with Crippen LogP contribution in [0.5, 0.6) is 0 Å². The highest BCUT2D eigenvalue weighted by atomic mass is 16.1. The van der Waals surface area contributed by atoms with E-state index in [4.69, 9.17) is 11.5 Å². The number of amidine groups is 1. The predicted molar refractivity (Wildman–Crippen MR) is 45.1 cm³/mol. The smallest absolute Gasteiger partial charge is 0.219 e. The molecule has 0 unspecified atom stereocenters. The van der Waals surface area contributed by atoms with E-state index < -0.39 is 0 Å². The van der Waals surface area contributed by atoms with E-state index in [2.05, 4.69) is 4.99 Å². The lowest BCUT2D eigenvalue weighted by Gasteiger charge is -2.02. The van der Waals surface area contributed by atoms with Crippen molar-refractivity contribution in [1.29, 1.82) is 0 Å². The highest BCUT2D eigenvalue weighted by molar-refractivity contribution is 5.82. The molecule has 0 aromatic heterocycles. The van der Waals surface area contributed by atoms with E-state index in [9.17, 15) is 4.79 Å². The lowest BCUT2D eigenvalue weighted by Crippen LogP contribution is -2.20. The molecule has 0 fully saturated rings. The van der Waals surface area contributed by atoms with Gasteiger partial charge >= 0.3 is 0 Å². The minimum atomic E-state index is -0.342. The Kier molecular flexibility index (Phi) is 4.26. The molecule has 4 N–H and O–H groups in total. The summed E-state index contributed by atoms with van der Waals surface area (Å²) >= 11 is 0. The first kappa shape index (κ1) is 9.94. The van der Waals surface area contributed by atoms with Crippen molar-refractivity contribution in [3.05, 3.63) is 0 Å². The summed E-state index contributed by atoms with van der Waals surface area (Å²) in [6.07, 6.45) is 0.271. The van der Waals surface area contributed by atoms with E-state index in [0.29, 0.717) is 12.4 Å². The number of hydrogen-bond donors (Lipinski definition) is 2. The third kappa shape index (κ3) is 5.39. The number of amides is 1. The molecule has 0 radical (unpaired) electrons. The van der Waals surface area contributed by atoms with Crippen LogP contribution in [0.3, 0.4) is 0 Å². The number of hydrogen-bond acceptors (Lipinski definition) is 2. The molecule has 0 aromatic carbocycles. The van der Waals surface area contributed by atoms with Crippen LogP contribution in [0.2, 0.25) is 0 Å². The maximum absolute atomic E-state index is 10.3. The molecule has 0 rings (SSSR count). The number of aliphatic imine (C=N–C) groups is 1. The number of nitrogens with zero attached hydrogens (tertiary/aromatic N) is 1. The molecule has 0 bridgehead atoms. The Morgan fingerprint density at radius 3 is 2.36 bits per heavy atom. The van der Waals surface area contributed by atoms with Crippen LogP contribution in [0.15, 0.2) is 4.99 Å². The number of carbonyl (C=O) groups excluding carboxylic acids is 1. The van der Waals surface area contributed by atoms with Gasteiger partial charge in [-0.15, -0.1) is 0 Å². The lowest BCUT2D eigenvalue weighted by molar-refractivity contribution is -0.117. The zero-order valence-corrected chi connectivity index (χ0v) is 7.00. The fraction of sp³-hybridized carbons (Fsp3) is 0.714. The SMILES string of the molecule is CC(C)C(N)=NCCC(N)=O. The zero-order chi connectivity index (χ0) is 8.85. The standard InChI is InChI=1S/C7H15N3O/c1-5(2)7(9)10-4-3-6(8)11/h5H,3-4H2,1-2H3,(H2,8,11)(H2,9,10). The highest BCUT2D eigenvalue weighted by Crippen LogP contribution is 1.91.